The van der Waals surface area contributed by atoms with Crippen LogP contribution in [-0.2, 0) is 6.42 Å². The predicted octanol–water partition coefficient (Wildman–Crippen LogP) is 6.95. The molecule has 0 saturated carbocycles. The lowest BCUT2D eigenvalue weighted by Crippen LogP contribution is -2.17. The first kappa shape index (κ1) is 23.4. The highest BCUT2D eigenvalue weighted by Gasteiger charge is 2.30. The monoisotopic (exact) mass is 475 g/mol. The van der Waals surface area contributed by atoms with Gasteiger partial charge in [-0.3, -0.25) is 4.99 Å². The molecule has 180 valence electrons. The van der Waals surface area contributed by atoms with Gasteiger partial charge in [0.15, 0.2) is 11.5 Å². The fraction of sp³-hybridized carbons (Fsp3) is 0.156. The molecule has 0 N–H and O–H groups in total. The van der Waals surface area contributed by atoms with Crippen molar-refractivity contribution >= 4 is 12.0 Å². The Bertz CT molecular complexity index is 1380. The molecule has 1 unspecified atom stereocenters. The Balaban J connectivity index is 1.51. The highest BCUT2D eigenvalue weighted by Crippen LogP contribution is 2.44. The number of fused-ring (bicyclic) bond motifs is 1. The van der Waals surface area contributed by atoms with Crippen LogP contribution < -0.4 is 14.2 Å². The number of para-hydroxylation sites is 1. The molecule has 0 aromatic heterocycles. The van der Waals surface area contributed by atoms with Crippen LogP contribution in [0.15, 0.2) is 114 Å². The average Bonchev–Trinajstić information content (AvgIpc) is 2.95. The maximum absolute atomic E-state index is 6.51. The summed E-state index contributed by atoms with van der Waals surface area (Å²) in [5, 5.41) is 0. The smallest absolute Gasteiger partial charge is 0.160 e. The summed E-state index contributed by atoms with van der Waals surface area (Å²) in [5.74, 6) is 3.21. The topological polar surface area (TPSA) is 40.0 Å². The molecule has 36 heavy (non-hydrogen) atoms. The van der Waals surface area contributed by atoms with Crippen molar-refractivity contribution in [2.45, 2.75) is 12.3 Å². The third-order valence-corrected chi connectivity index (χ3v) is 6.39. The van der Waals surface area contributed by atoms with Gasteiger partial charge in [-0.1, -0.05) is 84.9 Å². The fourth-order valence-electron chi connectivity index (χ4n) is 4.63. The summed E-state index contributed by atoms with van der Waals surface area (Å²) in [6.45, 7) is 0.643. The van der Waals surface area contributed by atoms with E-state index in [9.17, 15) is 0 Å². The minimum Gasteiger partial charge on any atom is -0.493 e. The summed E-state index contributed by atoms with van der Waals surface area (Å²) in [4.78, 5) is 4.88. The van der Waals surface area contributed by atoms with Crippen LogP contribution in [0, 0.1) is 0 Å². The molecule has 0 radical (unpaired) electrons. The van der Waals surface area contributed by atoms with Crippen LogP contribution in [0.25, 0.3) is 5.76 Å². The van der Waals surface area contributed by atoms with Crippen LogP contribution in [0.3, 0.4) is 0 Å². The van der Waals surface area contributed by atoms with Gasteiger partial charge in [0.25, 0.3) is 0 Å². The zero-order valence-corrected chi connectivity index (χ0v) is 20.6. The zero-order valence-electron chi connectivity index (χ0n) is 20.6. The van der Waals surface area contributed by atoms with E-state index in [2.05, 4.69) is 54.6 Å². The van der Waals surface area contributed by atoms with E-state index in [0.717, 1.165) is 51.7 Å². The largest absolute Gasteiger partial charge is 0.493 e. The Morgan fingerprint density at radius 2 is 1.47 bits per heavy atom. The van der Waals surface area contributed by atoms with Crippen LogP contribution in [0.2, 0.25) is 0 Å². The summed E-state index contributed by atoms with van der Waals surface area (Å²) >= 11 is 0. The number of benzene rings is 4. The van der Waals surface area contributed by atoms with Crippen molar-refractivity contribution in [3.05, 3.63) is 131 Å². The van der Waals surface area contributed by atoms with Gasteiger partial charge in [0.1, 0.15) is 11.5 Å². The van der Waals surface area contributed by atoms with Gasteiger partial charge in [-0.05, 0) is 35.7 Å². The standard InChI is InChI=1S/C32H29NO3/c1-34-29-18-17-23(21-30(29)35-2)19-20-33-22-27-31(24-11-5-3-6-12-24)26-15-9-10-16-28(26)36-32(27)25-13-7-4-8-14-25/h3-18,21-22,31H,19-20H2,1-2H3. The fourth-order valence-corrected chi connectivity index (χ4v) is 4.63. The first-order valence-electron chi connectivity index (χ1n) is 12.1. The number of hydrogen-bond acceptors (Lipinski definition) is 4. The summed E-state index contributed by atoms with van der Waals surface area (Å²) in [7, 11) is 3.30. The Hall–Kier alpha value is -4.31. The van der Waals surface area contributed by atoms with E-state index in [0.29, 0.717) is 6.54 Å². The Labute approximate surface area is 212 Å². The van der Waals surface area contributed by atoms with Gasteiger partial charge >= 0.3 is 0 Å². The molecule has 0 saturated heterocycles. The van der Waals surface area contributed by atoms with E-state index in [4.69, 9.17) is 19.2 Å². The molecule has 4 aromatic rings. The minimum atomic E-state index is 0.0242. The van der Waals surface area contributed by atoms with Crippen molar-refractivity contribution in [1.29, 1.82) is 0 Å². The second-order valence-electron chi connectivity index (χ2n) is 8.61. The van der Waals surface area contributed by atoms with Crippen LogP contribution in [0.5, 0.6) is 17.2 Å². The highest BCUT2D eigenvalue weighted by molar-refractivity contribution is 5.94. The van der Waals surface area contributed by atoms with Gasteiger partial charge in [0.2, 0.25) is 0 Å². The van der Waals surface area contributed by atoms with Crippen molar-refractivity contribution in [3.8, 4) is 17.2 Å². The normalized spacial score (nSPS) is 14.9. The first-order valence-corrected chi connectivity index (χ1v) is 12.1. The summed E-state index contributed by atoms with van der Waals surface area (Å²) in [5.41, 5.74) is 5.59. The average molecular weight is 476 g/mol. The second kappa shape index (κ2) is 11.0. The molecule has 0 amide bonds. The quantitative estimate of drug-likeness (QED) is 0.259. The Morgan fingerprint density at radius 3 is 2.22 bits per heavy atom. The predicted molar refractivity (Wildman–Crippen MR) is 145 cm³/mol. The number of nitrogens with zero attached hydrogens (tertiary/aromatic N) is 1. The number of hydrogen-bond donors (Lipinski definition) is 0. The van der Waals surface area contributed by atoms with Gasteiger partial charge in [-0.2, -0.15) is 0 Å². The molecule has 4 aromatic carbocycles. The van der Waals surface area contributed by atoms with E-state index in [1.807, 2.05) is 54.7 Å². The third-order valence-electron chi connectivity index (χ3n) is 6.39. The molecule has 0 bridgehead atoms. The van der Waals surface area contributed by atoms with E-state index in [1.165, 1.54) is 5.56 Å². The number of methoxy groups -OCH3 is 2. The Morgan fingerprint density at radius 1 is 0.778 bits per heavy atom. The van der Waals surface area contributed by atoms with Gasteiger partial charge in [-0.15, -0.1) is 0 Å². The van der Waals surface area contributed by atoms with Crippen molar-refractivity contribution < 1.29 is 14.2 Å². The molecule has 1 atom stereocenters. The van der Waals surface area contributed by atoms with Crippen molar-refractivity contribution in [2.75, 3.05) is 20.8 Å². The van der Waals surface area contributed by atoms with E-state index in [-0.39, 0.29) is 5.92 Å². The number of rotatable bonds is 8. The maximum atomic E-state index is 6.51. The summed E-state index contributed by atoms with van der Waals surface area (Å²) in [6, 6.07) is 35.1. The zero-order chi connectivity index (χ0) is 24.7. The summed E-state index contributed by atoms with van der Waals surface area (Å²) < 4.78 is 17.3. The molecule has 0 spiro atoms. The lowest BCUT2D eigenvalue weighted by atomic mass is 9.81. The second-order valence-corrected chi connectivity index (χ2v) is 8.61. The molecular formula is C32H29NO3. The van der Waals surface area contributed by atoms with Gasteiger partial charge < -0.3 is 14.2 Å². The SMILES string of the molecule is COc1ccc(CCN=CC2=C(c3ccccc3)Oc3ccccc3C2c2ccccc2)cc1OC. The van der Waals surface area contributed by atoms with Crippen molar-refractivity contribution in [2.24, 2.45) is 4.99 Å². The van der Waals surface area contributed by atoms with Crippen LogP contribution in [-0.4, -0.2) is 27.0 Å². The maximum Gasteiger partial charge on any atom is 0.160 e. The molecule has 0 aliphatic carbocycles. The van der Waals surface area contributed by atoms with Crippen molar-refractivity contribution in [3.63, 3.8) is 0 Å². The first-order chi connectivity index (χ1) is 17.8. The third kappa shape index (κ3) is 4.89. The number of aliphatic imine (C=N–C) groups is 1. The molecule has 1 heterocycles. The van der Waals surface area contributed by atoms with Gasteiger partial charge in [-0.25, -0.2) is 0 Å². The lowest BCUT2D eigenvalue weighted by Gasteiger charge is -2.30. The van der Waals surface area contributed by atoms with E-state index < -0.39 is 0 Å². The Kier molecular flexibility index (Phi) is 7.13. The van der Waals surface area contributed by atoms with Gasteiger partial charge in [0.05, 0.1) is 14.2 Å². The van der Waals surface area contributed by atoms with Gasteiger partial charge in [0, 0.05) is 35.4 Å². The molecular weight excluding hydrogens is 446 g/mol. The van der Waals surface area contributed by atoms with E-state index in [1.54, 1.807) is 14.2 Å². The van der Waals surface area contributed by atoms with E-state index >= 15 is 0 Å². The molecule has 5 rings (SSSR count). The molecule has 1 aliphatic heterocycles. The van der Waals surface area contributed by atoms with Crippen LogP contribution in [0.1, 0.15) is 28.2 Å². The van der Waals surface area contributed by atoms with Crippen LogP contribution >= 0.6 is 0 Å². The number of allylic oxidation sites excluding steroid dienone is 1. The number of ether oxygens (including phenoxy) is 3. The highest BCUT2D eigenvalue weighted by atomic mass is 16.5. The van der Waals surface area contributed by atoms with Crippen LogP contribution in [0.4, 0.5) is 0 Å². The molecule has 4 nitrogen and oxygen atoms in total. The lowest BCUT2D eigenvalue weighted by molar-refractivity contribution is 0.354. The van der Waals surface area contributed by atoms with Crippen molar-refractivity contribution in [1.82, 2.24) is 0 Å². The minimum absolute atomic E-state index is 0.0242. The summed E-state index contributed by atoms with van der Waals surface area (Å²) in [6.07, 6.45) is 2.79. The molecule has 4 heteroatoms. The molecule has 1 aliphatic rings. The molecule has 0 fully saturated rings.